The predicted octanol–water partition coefficient (Wildman–Crippen LogP) is 2.46. The van der Waals surface area contributed by atoms with E-state index in [4.69, 9.17) is 0 Å². The summed E-state index contributed by atoms with van der Waals surface area (Å²) in [5.41, 5.74) is 2.60. The molecule has 2 heterocycles. The van der Waals surface area contributed by atoms with E-state index in [1.807, 2.05) is 17.5 Å². The number of hydrazone groups is 1. The molecule has 1 aliphatic rings. The molecule has 19 heavy (non-hydrogen) atoms. The standard InChI is InChI=1S/C14H21N3OS/c18-14(16-15-11-13-7-6-10-19-13)12-17-8-4-2-1-3-5-9-17/h6-7,10-11H,1-5,8-9,12H2,(H,16,18)/b15-11-. The number of thiophene rings is 1. The number of nitrogens with zero attached hydrogens (tertiary/aromatic N) is 2. The summed E-state index contributed by atoms with van der Waals surface area (Å²) in [6, 6.07) is 3.94. The van der Waals surface area contributed by atoms with Gasteiger partial charge in [0, 0.05) is 4.88 Å². The van der Waals surface area contributed by atoms with Crippen molar-refractivity contribution in [3.63, 3.8) is 0 Å². The van der Waals surface area contributed by atoms with Crippen LogP contribution in [0.2, 0.25) is 0 Å². The third-order valence-electron chi connectivity index (χ3n) is 3.24. The van der Waals surface area contributed by atoms with Crippen molar-refractivity contribution in [2.24, 2.45) is 5.10 Å². The first-order valence-corrected chi connectivity index (χ1v) is 7.80. The Labute approximate surface area is 118 Å². The summed E-state index contributed by atoms with van der Waals surface area (Å²) in [7, 11) is 0. The Morgan fingerprint density at radius 3 is 2.74 bits per heavy atom. The van der Waals surface area contributed by atoms with Crippen LogP contribution >= 0.6 is 11.3 Å². The summed E-state index contributed by atoms with van der Waals surface area (Å²) < 4.78 is 0. The molecular weight excluding hydrogens is 258 g/mol. The Morgan fingerprint density at radius 1 is 1.32 bits per heavy atom. The van der Waals surface area contributed by atoms with Gasteiger partial charge in [-0.2, -0.15) is 5.10 Å². The van der Waals surface area contributed by atoms with Crippen LogP contribution < -0.4 is 5.43 Å². The van der Waals surface area contributed by atoms with Gasteiger partial charge in [0.25, 0.3) is 5.91 Å². The zero-order chi connectivity index (χ0) is 13.3. The molecule has 0 aliphatic carbocycles. The number of hydrogen-bond donors (Lipinski definition) is 1. The van der Waals surface area contributed by atoms with E-state index in [0.29, 0.717) is 6.54 Å². The van der Waals surface area contributed by atoms with E-state index in [0.717, 1.165) is 18.0 Å². The van der Waals surface area contributed by atoms with Crippen LogP contribution in [-0.2, 0) is 4.79 Å². The fourth-order valence-corrected chi connectivity index (χ4v) is 2.83. The highest BCUT2D eigenvalue weighted by Gasteiger charge is 2.11. The molecule has 1 fully saturated rings. The van der Waals surface area contributed by atoms with E-state index in [1.165, 1.54) is 32.1 Å². The Morgan fingerprint density at radius 2 is 2.05 bits per heavy atom. The summed E-state index contributed by atoms with van der Waals surface area (Å²) in [5.74, 6) is -0.0200. The predicted molar refractivity (Wildman–Crippen MR) is 79.6 cm³/mol. The van der Waals surface area contributed by atoms with Gasteiger partial charge in [0.2, 0.25) is 0 Å². The summed E-state index contributed by atoms with van der Waals surface area (Å²) in [5, 5.41) is 5.97. The Kier molecular flexibility index (Phi) is 6.04. The zero-order valence-corrected chi connectivity index (χ0v) is 12.0. The third kappa shape index (κ3) is 5.53. The highest BCUT2D eigenvalue weighted by molar-refractivity contribution is 7.11. The molecule has 0 radical (unpaired) electrons. The second-order valence-corrected chi connectivity index (χ2v) is 5.83. The normalized spacial score (nSPS) is 18.1. The molecule has 1 N–H and O–H groups in total. The van der Waals surface area contributed by atoms with Gasteiger partial charge >= 0.3 is 0 Å². The molecule has 0 unspecified atom stereocenters. The molecule has 4 nitrogen and oxygen atoms in total. The Hall–Kier alpha value is -1.20. The number of hydrogen-bond acceptors (Lipinski definition) is 4. The van der Waals surface area contributed by atoms with Crippen LogP contribution in [0.5, 0.6) is 0 Å². The summed E-state index contributed by atoms with van der Waals surface area (Å²) in [4.78, 5) is 15.1. The number of amides is 1. The molecule has 0 saturated carbocycles. The average molecular weight is 279 g/mol. The molecule has 0 aromatic carbocycles. The van der Waals surface area contributed by atoms with Crippen molar-refractivity contribution < 1.29 is 4.79 Å². The van der Waals surface area contributed by atoms with Gasteiger partial charge in [-0.15, -0.1) is 11.3 Å². The van der Waals surface area contributed by atoms with Gasteiger partial charge in [0.1, 0.15) is 0 Å². The fraction of sp³-hybridized carbons (Fsp3) is 0.571. The number of rotatable bonds is 4. The topological polar surface area (TPSA) is 44.7 Å². The van der Waals surface area contributed by atoms with Gasteiger partial charge in [-0.3, -0.25) is 9.69 Å². The molecule has 1 aromatic rings. The van der Waals surface area contributed by atoms with Gasteiger partial charge < -0.3 is 0 Å². The smallest absolute Gasteiger partial charge is 0.254 e. The molecule has 0 spiro atoms. The SMILES string of the molecule is O=C(CN1CCCCCCC1)N/N=C\c1cccs1. The van der Waals surface area contributed by atoms with Gasteiger partial charge in [-0.25, -0.2) is 5.43 Å². The van der Waals surface area contributed by atoms with E-state index in [1.54, 1.807) is 17.6 Å². The lowest BCUT2D eigenvalue weighted by Gasteiger charge is -2.23. The minimum atomic E-state index is -0.0200. The van der Waals surface area contributed by atoms with Gasteiger partial charge in [0.05, 0.1) is 12.8 Å². The largest absolute Gasteiger partial charge is 0.294 e. The zero-order valence-electron chi connectivity index (χ0n) is 11.2. The maximum atomic E-state index is 11.8. The monoisotopic (exact) mass is 279 g/mol. The van der Waals surface area contributed by atoms with Crippen LogP contribution in [0, 0.1) is 0 Å². The number of carbonyl (C=O) groups excluding carboxylic acids is 1. The lowest BCUT2D eigenvalue weighted by molar-refractivity contribution is -0.122. The van der Waals surface area contributed by atoms with Crippen molar-refractivity contribution in [2.75, 3.05) is 19.6 Å². The fourth-order valence-electron chi connectivity index (χ4n) is 2.24. The van der Waals surface area contributed by atoms with Crippen LogP contribution in [0.25, 0.3) is 0 Å². The highest BCUT2D eigenvalue weighted by atomic mass is 32.1. The minimum Gasteiger partial charge on any atom is -0.294 e. The van der Waals surface area contributed by atoms with Crippen LogP contribution in [0.3, 0.4) is 0 Å². The van der Waals surface area contributed by atoms with Gasteiger partial charge in [-0.05, 0) is 37.4 Å². The van der Waals surface area contributed by atoms with Crippen LogP contribution in [0.1, 0.15) is 37.0 Å². The lowest BCUT2D eigenvalue weighted by Crippen LogP contribution is -2.37. The summed E-state index contributed by atoms with van der Waals surface area (Å²) >= 11 is 1.60. The van der Waals surface area contributed by atoms with Crippen molar-refractivity contribution in [3.8, 4) is 0 Å². The first-order chi connectivity index (χ1) is 9.34. The first kappa shape index (κ1) is 14.2. The van der Waals surface area contributed by atoms with E-state index < -0.39 is 0 Å². The minimum absolute atomic E-state index is 0.0200. The van der Waals surface area contributed by atoms with Crippen LogP contribution in [0.15, 0.2) is 22.6 Å². The Balaban J connectivity index is 1.70. The molecule has 0 bridgehead atoms. The first-order valence-electron chi connectivity index (χ1n) is 6.92. The summed E-state index contributed by atoms with van der Waals surface area (Å²) in [6.45, 7) is 2.52. The van der Waals surface area contributed by atoms with E-state index in [2.05, 4.69) is 15.4 Å². The van der Waals surface area contributed by atoms with Crippen molar-refractivity contribution in [1.29, 1.82) is 0 Å². The van der Waals surface area contributed by atoms with Crippen molar-refractivity contribution in [1.82, 2.24) is 10.3 Å². The van der Waals surface area contributed by atoms with Crippen molar-refractivity contribution >= 4 is 23.5 Å². The lowest BCUT2D eigenvalue weighted by atomic mass is 10.1. The van der Waals surface area contributed by atoms with Gasteiger partial charge in [-0.1, -0.05) is 25.3 Å². The van der Waals surface area contributed by atoms with E-state index >= 15 is 0 Å². The third-order valence-corrected chi connectivity index (χ3v) is 4.05. The molecule has 1 aromatic heterocycles. The van der Waals surface area contributed by atoms with Crippen molar-refractivity contribution in [2.45, 2.75) is 32.1 Å². The molecule has 1 saturated heterocycles. The molecule has 1 aliphatic heterocycles. The molecule has 104 valence electrons. The van der Waals surface area contributed by atoms with Crippen LogP contribution in [-0.4, -0.2) is 36.7 Å². The van der Waals surface area contributed by atoms with E-state index in [9.17, 15) is 4.79 Å². The van der Waals surface area contributed by atoms with Crippen LogP contribution in [0.4, 0.5) is 0 Å². The maximum absolute atomic E-state index is 11.8. The molecule has 0 atom stereocenters. The van der Waals surface area contributed by atoms with Gasteiger partial charge in [0.15, 0.2) is 0 Å². The van der Waals surface area contributed by atoms with E-state index in [-0.39, 0.29) is 5.91 Å². The number of nitrogens with one attached hydrogen (secondary N) is 1. The summed E-state index contributed by atoms with van der Waals surface area (Å²) in [6.07, 6.45) is 8.00. The molecule has 5 heteroatoms. The average Bonchev–Trinajstić information content (AvgIpc) is 2.85. The Bertz CT molecular complexity index is 395. The molecule has 2 rings (SSSR count). The van der Waals surface area contributed by atoms with Crippen molar-refractivity contribution in [3.05, 3.63) is 22.4 Å². The second-order valence-electron chi connectivity index (χ2n) is 4.85. The number of likely N-dealkylation sites (tertiary alicyclic amines) is 1. The molecule has 1 amide bonds. The number of carbonyl (C=O) groups is 1. The molecular formula is C14H21N3OS. The highest BCUT2D eigenvalue weighted by Crippen LogP contribution is 2.09. The second kappa shape index (κ2) is 8.07. The quantitative estimate of drug-likeness (QED) is 0.680. The maximum Gasteiger partial charge on any atom is 0.254 e.